The molecule has 74 valence electrons. The lowest BCUT2D eigenvalue weighted by atomic mass is 10.2. The first-order valence-corrected chi connectivity index (χ1v) is 4.62. The molecule has 0 spiro atoms. The molecule has 2 unspecified atom stereocenters. The molecule has 0 amide bonds. The van der Waals surface area contributed by atoms with Crippen LogP contribution in [0.1, 0.15) is 23.7 Å². The summed E-state index contributed by atoms with van der Waals surface area (Å²) >= 11 is 0. The van der Waals surface area contributed by atoms with Gasteiger partial charge in [0.05, 0.1) is 5.56 Å². The van der Waals surface area contributed by atoms with Gasteiger partial charge < -0.3 is 10.4 Å². The van der Waals surface area contributed by atoms with Crippen molar-refractivity contribution in [3.63, 3.8) is 0 Å². The first-order valence-electron chi connectivity index (χ1n) is 4.62. The van der Waals surface area contributed by atoms with Gasteiger partial charge in [-0.3, -0.25) is 0 Å². The van der Waals surface area contributed by atoms with Crippen molar-refractivity contribution in [3.05, 3.63) is 23.9 Å². The molecular formula is C10H12N2O2. The molecule has 2 atom stereocenters. The fourth-order valence-corrected chi connectivity index (χ4v) is 1.36. The lowest BCUT2D eigenvalue weighted by molar-refractivity contribution is 0.0697. The quantitative estimate of drug-likeness (QED) is 0.763. The standard InChI is InChI=1S/C10H12N2O2/c1-6-4-8(6)12-9-5-7(10(13)14)2-3-11-9/h2-3,5-6,8H,4H2,1H3,(H,11,12)(H,13,14). The molecule has 14 heavy (non-hydrogen) atoms. The molecule has 4 nitrogen and oxygen atoms in total. The first-order chi connectivity index (χ1) is 6.66. The number of carboxylic acid groups (broad SMARTS) is 1. The molecule has 0 radical (unpaired) electrons. The lowest BCUT2D eigenvalue weighted by Gasteiger charge is -2.03. The van der Waals surface area contributed by atoms with E-state index in [0.717, 1.165) is 6.42 Å². The zero-order chi connectivity index (χ0) is 10.1. The summed E-state index contributed by atoms with van der Waals surface area (Å²) < 4.78 is 0. The van der Waals surface area contributed by atoms with E-state index in [4.69, 9.17) is 5.11 Å². The van der Waals surface area contributed by atoms with E-state index in [-0.39, 0.29) is 5.56 Å². The molecule has 1 aromatic rings. The van der Waals surface area contributed by atoms with Crippen LogP contribution in [-0.4, -0.2) is 22.1 Å². The van der Waals surface area contributed by atoms with E-state index in [0.29, 0.717) is 17.8 Å². The maximum Gasteiger partial charge on any atom is 0.335 e. The molecule has 1 heterocycles. The highest BCUT2D eigenvalue weighted by Gasteiger charge is 2.32. The molecule has 0 saturated heterocycles. The van der Waals surface area contributed by atoms with Gasteiger partial charge in [0.1, 0.15) is 5.82 Å². The highest BCUT2D eigenvalue weighted by molar-refractivity contribution is 5.88. The number of nitrogens with one attached hydrogen (secondary N) is 1. The average molecular weight is 192 g/mol. The smallest absolute Gasteiger partial charge is 0.335 e. The molecule has 1 saturated carbocycles. The molecule has 1 aliphatic rings. The van der Waals surface area contributed by atoms with Crippen LogP contribution in [0.5, 0.6) is 0 Å². The Bertz CT molecular complexity index is 365. The van der Waals surface area contributed by atoms with Gasteiger partial charge in [-0.2, -0.15) is 0 Å². The molecule has 0 aliphatic heterocycles. The van der Waals surface area contributed by atoms with Gasteiger partial charge in [0.25, 0.3) is 0 Å². The van der Waals surface area contributed by atoms with Gasteiger partial charge in [0.2, 0.25) is 0 Å². The Kier molecular flexibility index (Phi) is 2.11. The van der Waals surface area contributed by atoms with Crippen molar-refractivity contribution in [2.45, 2.75) is 19.4 Å². The lowest BCUT2D eigenvalue weighted by Crippen LogP contribution is -2.06. The molecule has 4 heteroatoms. The summed E-state index contributed by atoms with van der Waals surface area (Å²) in [6.45, 7) is 2.15. The van der Waals surface area contributed by atoms with E-state index in [9.17, 15) is 4.79 Å². The Balaban J connectivity index is 2.10. The number of pyridine rings is 1. The summed E-state index contributed by atoms with van der Waals surface area (Å²) in [7, 11) is 0. The van der Waals surface area contributed by atoms with E-state index in [1.807, 2.05) is 0 Å². The van der Waals surface area contributed by atoms with Crippen LogP contribution in [0.4, 0.5) is 5.82 Å². The molecular weight excluding hydrogens is 180 g/mol. The molecule has 1 aromatic heterocycles. The van der Waals surface area contributed by atoms with E-state index >= 15 is 0 Å². The van der Waals surface area contributed by atoms with Crippen molar-refractivity contribution < 1.29 is 9.90 Å². The normalized spacial score (nSPS) is 24.4. The maximum absolute atomic E-state index is 10.7. The minimum atomic E-state index is -0.917. The summed E-state index contributed by atoms with van der Waals surface area (Å²) in [4.78, 5) is 14.7. The number of rotatable bonds is 3. The summed E-state index contributed by atoms with van der Waals surface area (Å²) in [6.07, 6.45) is 2.65. The van der Waals surface area contributed by atoms with Crippen molar-refractivity contribution in [1.29, 1.82) is 0 Å². The largest absolute Gasteiger partial charge is 0.478 e. The number of hydrogen-bond acceptors (Lipinski definition) is 3. The van der Waals surface area contributed by atoms with Crippen LogP contribution in [-0.2, 0) is 0 Å². The zero-order valence-corrected chi connectivity index (χ0v) is 7.90. The Labute approximate surface area is 82.0 Å². The second-order valence-corrected chi connectivity index (χ2v) is 3.70. The van der Waals surface area contributed by atoms with E-state index in [1.54, 1.807) is 6.07 Å². The van der Waals surface area contributed by atoms with Crippen LogP contribution >= 0.6 is 0 Å². The predicted molar refractivity (Wildman–Crippen MR) is 52.4 cm³/mol. The van der Waals surface area contributed by atoms with Crippen LogP contribution in [0.3, 0.4) is 0 Å². The molecule has 1 aliphatic carbocycles. The van der Waals surface area contributed by atoms with E-state index < -0.39 is 5.97 Å². The topological polar surface area (TPSA) is 62.2 Å². The molecule has 0 aromatic carbocycles. The minimum absolute atomic E-state index is 0.274. The van der Waals surface area contributed by atoms with Crippen LogP contribution in [0.15, 0.2) is 18.3 Å². The van der Waals surface area contributed by atoms with Gasteiger partial charge in [-0.05, 0) is 24.5 Å². The fourth-order valence-electron chi connectivity index (χ4n) is 1.36. The number of carbonyl (C=O) groups is 1. The molecule has 0 bridgehead atoms. The predicted octanol–water partition coefficient (Wildman–Crippen LogP) is 1.60. The van der Waals surface area contributed by atoms with Gasteiger partial charge in [-0.25, -0.2) is 9.78 Å². The Hall–Kier alpha value is -1.58. The van der Waals surface area contributed by atoms with Crippen LogP contribution in [0.25, 0.3) is 0 Å². The SMILES string of the molecule is CC1CC1Nc1cc(C(=O)O)ccn1. The monoisotopic (exact) mass is 192 g/mol. The number of aromatic nitrogens is 1. The van der Waals surface area contributed by atoms with Gasteiger partial charge in [0, 0.05) is 12.2 Å². The van der Waals surface area contributed by atoms with E-state index in [1.165, 1.54) is 12.3 Å². The number of carboxylic acids is 1. The van der Waals surface area contributed by atoms with Crippen molar-refractivity contribution in [3.8, 4) is 0 Å². The van der Waals surface area contributed by atoms with Gasteiger partial charge >= 0.3 is 5.97 Å². The third-order valence-corrected chi connectivity index (χ3v) is 2.45. The average Bonchev–Trinajstić information content (AvgIpc) is 2.82. The minimum Gasteiger partial charge on any atom is -0.478 e. The van der Waals surface area contributed by atoms with Crippen LogP contribution in [0, 0.1) is 5.92 Å². The third-order valence-electron chi connectivity index (χ3n) is 2.45. The van der Waals surface area contributed by atoms with Crippen molar-refractivity contribution in [1.82, 2.24) is 4.98 Å². The van der Waals surface area contributed by atoms with Crippen molar-refractivity contribution in [2.24, 2.45) is 5.92 Å². The van der Waals surface area contributed by atoms with Gasteiger partial charge in [0.15, 0.2) is 0 Å². The molecule has 2 rings (SSSR count). The van der Waals surface area contributed by atoms with E-state index in [2.05, 4.69) is 17.2 Å². The number of aromatic carboxylic acids is 1. The van der Waals surface area contributed by atoms with Crippen molar-refractivity contribution in [2.75, 3.05) is 5.32 Å². The fraction of sp³-hybridized carbons (Fsp3) is 0.400. The number of anilines is 1. The second-order valence-electron chi connectivity index (χ2n) is 3.70. The molecule has 2 N–H and O–H groups in total. The summed E-state index contributed by atoms with van der Waals surface area (Å²) in [5.41, 5.74) is 0.274. The van der Waals surface area contributed by atoms with Gasteiger partial charge in [-0.1, -0.05) is 6.92 Å². The Morgan fingerprint density at radius 1 is 1.71 bits per heavy atom. The highest BCUT2D eigenvalue weighted by atomic mass is 16.4. The van der Waals surface area contributed by atoms with Gasteiger partial charge in [-0.15, -0.1) is 0 Å². The maximum atomic E-state index is 10.7. The second kappa shape index (κ2) is 3.29. The third kappa shape index (κ3) is 1.84. The number of hydrogen-bond donors (Lipinski definition) is 2. The number of nitrogens with zero attached hydrogens (tertiary/aromatic N) is 1. The summed E-state index contributed by atoms with van der Waals surface area (Å²) in [5.74, 6) is 0.406. The highest BCUT2D eigenvalue weighted by Crippen LogP contribution is 2.32. The first kappa shape index (κ1) is 8.99. The van der Waals surface area contributed by atoms with Crippen LogP contribution < -0.4 is 5.32 Å². The van der Waals surface area contributed by atoms with Crippen molar-refractivity contribution >= 4 is 11.8 Å². The molecule has 1 fully saturated rings. The summed E-state index contributed by atoms with van der Waals surface area (Å²) in [6, 6.07) is 3.52. The van der Waals surface area contributed by atoms with Crippen LogP contribution in [0.2, 0.25) is 0 Å². The summed E-state index contributed by atoms with van der Waals surface area (Å²) in [5, 5.41) is 11.9. The zero-order valence-electron chi connectivity index (χ0n) is 7.90. The Morgan fingerprint density at radius 3 is 3.00 bits per heavy atom. The Morgan fingerprint density at radius 2 is 2.43 bits per heavy atom.